The molecule has 3 rings (SSSR count). The summed E-state index contributed by atoms with van der Waals surface area (Å²) in [5.41, 5.74) is 0. The maximum absolute atomic E-state index is 13.0. The fourth-order valence-electron chi connectivity index (χ4n) is 3.80. The molecule has 3 atom stereocenters. The second-order valence-corrected chi connectivity index (χ2v) is 7.48. The predicted octanol–water partition coefficient (Wildman–Crippen LogP) is 2.91. The van der Waals surface area contributed by atoms with Crippen LogP contribution in [0.4, 0.5) is 0 Å². The number of hydrogen-bond donors (Lipinski definition) is 1. The summed E-state index contributed by atoms with van der Waals surface area (Å²) >= 11 is 1.78. The van der Waals surface area contributed by atoms with E-state index in [1.807, 2.05) is 7.05 Å². The maximum atomic E-state index is 13.0. The second-order valence-electron chi connectivity index (χ2n) is 6.50. The lowest BCUT2D eigenvalue weighted by molar-refractivity contribution is -0.137. The number of carbonyl (C=O) groups excluding carboxylic acids is 1. The summed E-state index contributed by atoms with van der Waals surface area (Å²) in [6.07, 6.45) is 4.63. The Bertz CT molecular complexity index is 496. The Balaban J connectivity index is 0.00000192. The summed E-state index contributed by atoms with van der Waals surface area (Å²) in [7, 11) is 2.02. The van der Waals surface area contributed by atoms with Gasteiger partial charge in [0, 0.05) is 24.0 Å². The van der Waals surface area contributed by atoms with Gasteiger partial charge in [0.2, 0.25) is 5.91 Å². The number of piperidine rings is 1. The Labute approximate surface area is 149 Å². The first-order valence-electron chi connectivity index (χ1n) is 8.46. The highest BCUT2D eigenvalue weighted by Gasteiger charge is 2.35. The van der Waals surface area contributed by atoms with E-state index in [0.29, 0.717) is 18.0 Å². The zero-order chi connectivity index (χ0) is 15.5. The van der Waals surface area contributed by atoms with Crippen molar-refractivity contribution in [1.82, 2.24) is 15.1 Å². The molecule has 0 radical (unpaired) electrons. The fourth-order valence-corrected chi connectivity index (χ4v) is 4.67. The number of likely N-dealkylation sites (tertiary alicyclic amines) is 2. The lowest BCUT2D eigenvalue weighted by atomic mass is 10.0. The number of carbonyl (C=O) groups is 1. The van der Waals surface area contributed by atoms with Gasteiger partial charge in [-0.3, -0.25) is 9.69 Å². The molecule has 130 valence electrons. The van der Waals surface area contributed by atoms with Crippen molar-refractivity contribution in [2.24, 2.45) is 0 Å². The number of halogens is 1. The molecule has 23 heavy (non-hydrogen) atoms. The molecule has 1 aromatic rings. The minimum absolute atomic E-state index is 0. The summed E-state index contributed by atoms with van der Waals surface area (Å²) in [5.74, 6) is 0.313. The highest BCUT2D eigenvalue weighted by atomic mass is 35.5. The van der Waals surface area contributed by atoms with Gasteiger partial charge in [-0.2, -0.15) is 0 Å². The van der Waals surface area contributed by atoms with E-state index in [9.17, 15) is 4.79 Å². The van der Waals surface area contributed by atoms with Crippen LogP contribution in [0.3, 0.4) is 0 Å². The van der Waals surface area contributed by atoms with Crippen molar-refractivity contribution in [1.29, 1.82) is 0 Å². The van der Waals surface area contributed by atoms with Crippen LogP contribution in [0, 0.1) is 0 Å². The zero-order valence-corrected chi connectivity index (χ0v) is 15.7. The van der Waals surface area contributed by atoms with Crippen molar-refractivity contribution in [2.45, 2.75) is 50.7 Å². The van der Waals surface area contributed by atoms with Crippen LogP contribution in [0.25, 0.3) is 0 Å². The van der Waals surface area contributed by atoms with Crippen LogP contribution in [0.5, 0.6) is 0 Å². The van der Waals surface area contributed by atoms with E-state index in [-0.39, 0.29) is 18.4 Å². The molecule has 0 spiro atoms. The molecule has 2 aliphatic rings. The van der Waals surface area contributed by atoms with E-state index in [2.05, 4.69) is 39.6 Å². The van der Waals surface area contributed by atoms with Gasteiger partial charge in [-0.1, -0.05) is 6.07 Å². The Morgan fingerprint density at radius 3 is 2.83 bits per heavy atom. The molecular weight excluding hydrogens is 330 g/mol. The molecule has 1 aromatic heterocycles. The smallest absolute Gasteiger partial charge is 0.240 e. The number of amides is 1. The number of likely N-dealkylation sites (N-methyl/N-ethyl adjacent to an activating group) is 1. The van der Waals surface area contributed by atoms with Crippen molar-refractivity contribution < 1.29 is 4.79 Å². The first kappa shape index (κ1) is 18.7. The Kier molecular flexibility index (Phi) is 6.89. The standard InChI is InChI=1S/C17H27N3OS.ClH/c1-13(19-9-3-6-14(12-19)18-2)17(21)20-10-4-7-15(20)16-8-5-11-22-16;/h5,8,11,13-15,18H,3-4,6-7,9-10,12H2,1-2H3;1H. The van der Waals surface area contributed by atoms with Gasteiger partial charge in [0.15, 0.2) is 0 Å². The number of nitrogens with zero attached hydrogens (tertiary/aromatic N) is 2. The zero-order valence-electron chi connectivity index (χ0n) is 14.0. The predicted molar refractivity (Wildman–Crippen MR) is 98.4 cm³/mol. The number of thiophene rings is 1. The minimum atomic E-state index is -0.00304. The van der Waals surface area contributed by atoms with Crippen molar-refractivity contribution in [3.8, 4) is 0 Å². The number of rotatable bonds is 4. The van der Waals surface area contributed by atoms with Gasteiger partial charge >= 0.3 is 0 Å². The average Bonchev–Trinajstić information content (AvgIpc) is 3.23. The minimum Gasteiger partial charge on any atom is -0.333 e. The third-order valence-electron chi connectivity index (χ3n) is 5.17. The summed E-state index contributed by atoms with van der Waals surface area (Å²) in [4.78, 5) is 18.8. The van der Waals surface area contributed by atoms with E-state index in [1.165, 1.54) is 17.7 Å². The Morgan fingerprint density at radius 2 is 2.13 bits per heavy atom. The van der Waals surface area contributed by atoms with Gasteiger partial charge in [-0.15, -0.1) is 23.7 Å². The molecule has 0 bridgehead atoms. The second kappa shape index (κ2) is 8.47. The fraction of sp³-hybridized carbons (Fsp3) is 0.706. The van der Waals surface area contributed by atoms with Crippen LogP contribution >= 0.6 is 23.7 Å². The lowest BCUT2D eigenvalue weighted by Gasteiger charge is -2.38. The van der Waals surface area contributed by atoms with Crippen molar-refractivity contribution >= 4 is 29.7 Å². The van der Waals surface area contributed by atoms with Crippen LogP contribution in [0.15, 0.2) is 17.5 Å². The first-order chi connectivity index (χ1) is 10.7. The molecule has 0 saturated carbocycles. The first-order valence-corrected chi connectivity index (χ1v) is 9.34. The third kappa shape index (κ3) is 4.08. The van der Waals surface area contributed by atoms with Gasteiger partial charge in [-0.25, -0.2) is 0 Å². The summed E-state index contributed by atoms with van der Waals surface area (Å²) in [6.45, 7) is 5.03. The topological polar surface area (TPSA) is 35.6 Å². The van der Waals surface area contributed by atoms with E-state index in [4.69, 9.17) is 0 Å². The SMILES string of the molecule is CNC1CCCN(C(C)C(=O)N2CCCC2c2cccs2)C1.Cl. The summed E-state index contributed by atoms with van der Waals surface area (Å²) in [6, 6.07) is 5.09. The van der Waals surface area contributed by atoms with E-state index >= 15 is 0 Å². The van der Waals surface area contributed by atoms with Gasteiger partial charge in [0.25, 0.3) is 0 Å². The largest absolute Gasteiger partial charge is 0.333 e. The Morgan fingerprint density at radius 1 is 1.35 bits per heavy atom. The molecule has 1 N–H and O–H groups in total. The van der Waals surface area contributed by atoms with Gasteiger partial charge in [0.05, 0.1) is 12.1 Å². The van der Waals surface area contributed by atoms with Gasteiger partial charge in [-0.05, 0) is 57.6 Å². The average molecular weight is 358 g/mol. The molecule has 0 aliphatic carbocycles. The molecular formula is C17H28ClN3OS. The number of nitrogens with one attached hydrogen (secondary N) is 1. The van der Waals surface area contributed by atoms with Crippen LogP contribution in [-0.4, -0.2) is 54.5 Å². The summed E-state index contributed by atoms with van der Waals surface area (Å²) in [5, 5.41) is 5.48. The normalized spacial score (nSPS) is 26.8. The highest BCUT2D eigenvalue weighted by molar-refractivity contribution is 7.10. The maximum Gasteiger partial charge on any atom is 0.240 e. The third-order valence-corrected chi connectivity index (χ3v) is 6.15. The lowest BCUT2D eigenvalue weighted by Crippen LogP contribution is -2.53. The number of hydrogen-bond acceptors (Lipinski definition) is 4. The van der Waals surface area contributed by atoms with Crippen LogP contribution < -0.4 is 5.32 Å². The molecule has 3 heterocycles. The van der Waals surface area contributed by atoms with Crippen molar-refractivity contribution in [2.75, 3.05) is 26.7 Å². The van der Waals surface area contributed by atoms with Gasteiger partial charge < -0.3 is 10.2 Å². The van der Waals surface area contributed by atoms with Crippen LogP contribution in [-0.2, 0) is 4.79 Å². The van der Waals surface area contributed by atoms with Gasteiger partial charge in [0.1, 0.15) is 0 Å². The van der Waals surface area contributed by atoms with E-state index in [0.717, 1.165) is 32.5 Å². The molecule has 1 amide bonds. The van der Waals surface area contributed by atoms with E-state index in [1.54, 1.807) is 11.3 Å². The summed E-state index contributed by atoms with van der Waals surface area (Å²) < 4.78 is 0. The quantitative estimate of drug-likeness (QED) is 0.900. The monoisotopic (exact) mass is 357 g/mol. The molecule has 2 aliphatic heterocycles. The van der Waals surface area contributed by atoms with Crippen LogP contribution in [0.1, 0.15) is 43.5 Å². The molecule has 2 fully saturated rings. The molecule has 2 saturated heterocycles. The van der Waals surface area contributed by atoms with Crippen molar-refractivity contribution in [3.05, 3.63) is 22.4 Å². The van der Waals surface area contributed by atoms with Crippen LogP contribution in [0.2, 0.25) is 0 Å². The Hall–Kier alpha value is -0.620. The molecule has 3 unspecified atom stereocenters. The molecule has 4 nitrogen and oxygen atoms in total. The molecule has 0 aromatic carbocycles. The van der Waals surface area contributed by atoms with E-state index < -0.39 is 0 Å². The molecule has 6 heteroatoms. The highest BCUT2D eigenvalue weighted by Crippen LogP contribution is 2.35. The van der Waals surface area contributed by atoms with Crippen molar-refractivity contribution in [3.63, 3.8) is 0 Å².